The minimum Gasteiger partial charge on any atom is -0.457 e. The Labute approximate surface area is 164 Å². The van der Waals surface area contributed by atoms with Crippen molar-refractivity contribution in [3.8, 4) is 17.6 Å². The van der Waals surface area contributed by atoms with Gasteiger partial charge in [-0.2, -0.15) is 5.26 Å². The first-order chi connectivity index (χ1) is 13.5. The van der Waals surface area contributed by atoms with Gasteiger partial charge in [0.2, 0.25) is 0 Å². The van der Waals surface area contributed by atoms with Crippen LogP contribution < -0.4 is 4.74 Å². The third-order valence-corrected chi connectivity index (χ3v) is 3.82. The van der Waals surface area contributed by atoms with E-state index in [1.165, 1.54) is 17.9 Å². The van der Waals surface area contributed by atoms with Crippen LogP contribution in [0.3, 0.4) is 0 Å². The lowest BCUT2D eigenvalue weighted by atomic mass is 10.2. The molecule has 0 unspecified atom stereocenters. The molecule has 1 atom stereocenters. The first-order valence-electron chi connectivity index (χ1n) is 8.83. The molecule has 0 aliphatic heterocycles. The fraction of sp³-hybridized carbons (Fsp3) is 0.227. The Balaban J connectivity index is 1.92. The maximum atomic E-state index is 12.1. The van der Waals surface area contributed by atoms with Crippen molar-refractivity contribution in [3.63, 3.8) is 0 Å². The molecule has 0 aromatic heterocycles. The summed E-state index contributed by atoms with van der Waals surface area (Å²) in [6.07, 6.45) is 2.16. The Hall–Kier alpha value is -3.59. The minimum atomic E-state index is -0.923. The lowest BCUT2D eigenvalue weighted by molar-refractivity contribution is -0.154. The normalized spacial score (nSPS) is 11.5. The summed E-state index contributed by atoms with van der Waals surface area (Å²) in [5.41, 5.74) is 0.760. The van der Waals surface area contributed by atoms with E-state index in [0.717, 1.165) is 11.3 Å². The zero-order chi connectivity index (χ0) is 20.4. The summed E-state index contributed by atoms with van der Waals surface area (Å²) in [5, 5.41) is 8.57. The van der Waals surface area contributed by atoms with Crippen LogP contribution in [0.1, 0.15) is 18.9 Å². The fourth-order valence-electron chi connectivity index (χ4n) is 2.37. The van der Waals surface area contributed by atoms with Crippen molar-refractivity contribution < 1.29 is 19.1 Å². The average Bonchev–Trinajstić information content (AvgIpc) is 2.71. The molecule has 2 rings (SSSR count). The number of amides is 1. The summed E-state index contributed by atoms with van der Waals surface area (Å²) >= 11 is 0. The molecule has 0 bridgehead atoms. The van der Waals surface area contributed by atoms with E-state index < -0.39 is 12.1 Å². The Morgan fingerprint density at radius 1 is 1.14 bits per heavy atom. The van der Waals surface area contributed by atoms with E-state index >= 15 is 0 Å². The molecule has 144 valence electrons. The largest absolute Gasteiger partial charge is 0.457 e. The molecule has 0 radical (unpaired) electrons. The fourth-order valence-corrected chi connectivity index (χ4v) is 2.37. The molecular weight excluding hydrogens is 356 g/mol. The second-order valence-electron chi connectivity index (χ2n) is 6.07. The molecule has 0 N–H and O–H groups in total. The van der Waals surface area contributed by atoms with Gasteiger partial charge >= 0.3 is 5.97 Å². The summed E-state index contributed by atoms with van der Waals surface area (Å²) in [4.78, 5) is 25.4. The van der Waals surface area contributed by atoms with E-state index in [1.54, 1.807) is 19.2 Å². The molecular formula is C22H22N2O4. The standard InChI is InChI=1S/C22H22N2O4/c1-17(22(26)24(2)15-7-14-23)27-21(25)13-12-18-8-6-11-20(16-18)28-19-9-4-3-5-10-19/h3-6,8-13,16-17H,7,15H2,1-2H3/b13-12+/t17-/m0/s1. The first kappa shape index (κ1) is 20.7. The van der Waals surface area contributed by atoms with Gasteiger partial charge in [-0.15, -0.1) is 0 Å². The van der Waals surface area contributed by atoms with Crippen LogP contribution >= 0.6 is 0 Å². The number of nitriles is 1. The van der Waals surface area contributed by atoms with Gasteiger partial charge in [0, 0.05) is 19.7 Å². The third-order valence-electron chi connectivity index (χ3n) is 3.82. The first-order valence-corrected chi connectivity index (χ1v) is 8.83. The summed E-state index contributed by atoms with van der Waals surface area (Å²) < 4.78 is 10.9. The molecule has 0 heterocycles. The number of nitrogens with zero attached hydrogens (tertiary/aromatic N) is 2. The number of likely N-dealkylation sites (N-methyl/N-ethyl adjacent to an activating group) is 1. The van der Waals surface area contributed by atoms with E-state index in [9.17, 15) is 9.59 Å². The molecule has 2 aromatic rings. The zero-order valence-electron chi connectivity index (χ0n) is 15.9. The quantitative estimate of drug-likeness (QED) is 0.516. The van der Waals surface area contributed by atoms with Crippen LogP contribution in [0.25, 0.3) is 6.08 Å². The van der Waals surface area contributed by atoms with Crippen LogP contribution in [0.15, 0.2) is 60.7 Å². The van der Waals surface area contributed by atoms with E-state index in [-0.39, 0.29) is 12.3 Å². The van der Waals surface area contributed by atoms with Gasteiger partial charge in [0.25, 0.3) is 5.91 Å². The second kappa shape index (κ2) is 10.5. The monoisotopic (exact) mass is 378 g/mol. The van der Waals surface area contributed by atoms with Gasteiger partial charge < -0.3 is 14.4 Å². The number of esters is 1. The third kappa shape index (κ3) is 6.61. The summed E-state index contributed by atoms with van der Waals surface area (Å²) in [6.45, 7) is 1.80. The number of para-hydroxylation sites is 1. The molecule has 0 aliphatic rings. The molecule has 2 aromatic carbocycles. The molecule has 28 heavy (non-hydrogen) atoms. The van der Waals surface area contributed by atoms with E-state index in [0.29, 0.717) is 12.3 Å². The number of ether oxygens (including phenoxy) is 2. The highest BCUT2D eigenvalue weighted by atomic mass is 16.5. The number of hydrogen-bond acceptors (Lipinski definition) is 5. The van der Waals surface area contributed by atoms with Crippen molar-refractivity contribution in [2.45, 2.75) is 19.4 Å². The highest BCUT2D eigenvalue weighted by molar-refractivity contribution is 5.90. The minimum absolute atomic E-state index is 0.226. The smallest absolute Gasteiger partial charge is 0.331 e. The number of carbonyl (C=O) groups is 2. The molecule has 0 aliphatic carbocycles. The van der Waals surface area contributed by atoms with Crippen LogP contribution in [0.2, 0.25) is 0 Å². The van der Waals surface area contributed by atoms with Crippen molar-refractivity contribution in [1.82, 2.24) is 4.90 Å². The summed E-state index contributed by atoms with van der Waals surface area (Å²) in [7, 11) is 1.57. The molecule has 0 spiro atoms. The van der Waals surface area contributed by atoms with Gasteiger partial charge in [0.05, 0.1) is 12.5 Å². The van der Waals surface area contributed by atoms with Crippen LogP contribution in [0.4, 0.5) is 0 Å². The maximum absolute atomic E-state index is 12.1. The van der Waals surface area contributed by atoms with Crippen molar-refractivity contribution in [1.29, 1.82) is 5.26 Å². The van der Waals surface area contributed by atoms with Crippen LogP contribution in [-0.4, -0.2) is 36.5 Å². The maximum Gasteiger partial charge on any atom is 0.331 e. The van der Waals surface area contributed by atoms with Crippen molar-refractivity contribution in [3.05, 3.63) is 66.2 Å². The average molecular weight is 378 g/mol. The molecule has 0 saturated heterocycles. The van der Waals surface area contributed by atoms with Crippen molar-refractivity contribution >= 4 is 18.0 Å². The van der Waals surface area contributed by atoms with Crippen LogP contribution in [0, 0.1) is 11.3 Å². The van der Waals surface area contributed by atoms with E-state index in [2.05, 4.69) is 0 Å². The Kier molecular flexibility index (Phi) is 7.79. The highest BCUT2D eigenvalue weighted by Crippen LogP contribution is 2.22. The van der Waals surface area contributed by atoms with Gasteiger partial charge in [0.1, 0.15) is 11.5 Å². The van der Waals surface area contributed by atoms with Crippen molar-refractivity contribution in [2.24, 2.45) is 0 Å². The van der Waals surface area contributed by atoms with Gasteiger partial charge in [0.15, 0.2) is 6.10 Å². The topological polar surface area (TPSA) is 79.6 Å². The molecule has 6 nitrogen and oxygen atoms in total. The molecule has 0 saturated carbocycles. The second-order valence-corrected chi connectivity index (χ2v) is 6.07. The number of carbonyl (C=O) groups excluding carboxylic acids is 2. The van der Waals surface area contributed by atoms with Gasteiger partial charge in [-0.25, -0.2) is 4.79 Å². The Morgan fingerprint density at radius 2 is 1.86 bits per heavy atom. The summed E-state index contributed by atoms with van der Waals surface area (Å²) in [5.74, 6) is 0.388. The van der Waals surface area contributed by atoms with Gasteiger partial charge in [-0.05, 0) is 42.8 Å². The molecule has 6 heteroatoms. The number of hydrogen-bond donors (Lipinski definition) is 0. The lowest BCUT2D eigenvalue weighted by Gasteiger charge is -2.19. The Morgan fingerprint density at radius 3 is 2.57 bits per heavy atom. The summed E-state index contributed by atoms with van der Waals surface area (Å²) in [6, 6.07) is 18.6. The SMILES string of the molecule is C[C@H](OC(=O)/C=C/c1cccc(Oc2ccccc2)c1)C(=O)N(C)CCC#N. The molecule has 1 amide bonds. The van der Waals surface area contributed by atoms with Gasteiger partial charge in [-0.3, -0.25) is 4.79 Å². The number of rotatable bonds is 8. The predicted molar refractivity (Wildman–Crippen MR) is 105 cm³/mol. The van der Waals surface area contributed by atoms with E-state index in [4.69, 9.17) is 14.7 Å². The number of benzene rings is 2. The molecule has 0 fully saturated rings. The predicted octanol–water partition coefficient (Wildman–Crippen LogP) is 3.80. The van der Waals surface area contributed by atoms with Crippen LogP contribution in [-0.2, 0) is 14.3 Å². The lowest BCUT2D eigenvalue weighted by Crippen LogP contribution is -2.37. The van der Waals surface area contributed by atoms with Gasteiger partial charge in [-0.1, -0.05) is 30.3 Å². The van der Waals surface area contributed by atoms with Crippen LogP contribution in [0.5, 0.6) is 11.5 Å². The van der Waals surface area contributed by atoms with Crippen molar-refractivity contribution in [2.75, 3.05) is 13.6 Å². The highest BCUT2D eigenvalue weighted by Gasteiger charge is 2.20. The zero-order valence-corrected chi connectivity index (χ0v) is 15.9. The van der Waals surface area contributed by atoms with E-state index in [1.807, 2.05) is 54.6 Å². The Bertz CT molecular complexity index is 872.